The Labute approximate surface area is 210 Å². The first kappa shape index (κ1) is 25.3. The number of hydrogen-bond donors (Lipinski definition) is 2. The summed E-state index contributed by atoms with van der Waals surface area (Å²) in [6.45, 7) is 0. The number of pyridine rings is 1. The second-order valence-corrected chi connectivity index (χ2v) is 9.11. The number of carbonyl (C=O) groups excluding carboxylic acids is 2. The third-order valence-electron chi connectivity index (χ3n) is 4.37. The van der Waals surface area contributed by atoms with Gasteiger partial charge >= 0.3 is 0 Å². The zero-order chi connectivity index (χ0) is 24.6. The van der Waals surface area contributed by atoms with Gasteiger partial charge in [0.1, 0.15) is 11.5 Å². The quantitative estimate of drug-likeness (QED) is 0.198. The molecule has 2 amide bonds. The highest BCUT2D eigenvalue weighted by Crippen LogP contribution is 2.32. The molecule has 2 N–H and O–H groups in total. The van der Waals surface area contributed by atoms with Gasteiger partial charge in [0.15, 0.2) is 0 Å². The molecule has 0 spiro atoms. The molecular formula is C23H19Cl3N4O4. The Bertz CT molecular complexity index is 1140. The molecule has 0 aliphatic carbocycles. The smallest absolute Gasteiger partial charge is 0.271 e. The molecule has 0 saturated carbocycles. The van der Waals surface area contributed by atoms with Crippen LogP contribution in [0.3, 0.4) is 0 Å². The van der Waals surface area contributed by atoms with Gasteiger partial charge in [0, 0.05) is 23.5 Å². The highest BCUT2D eigenvalue weighted by Gasteiger charge is 2.36. The fourth-order valence-electron chi connectivity index (χ4n) is 2.62. The average molecular weight is 522 g/mol. The minimum atomic E-state index is -1.94. The molecule has 34 heavy (non-hydrogen) atoms. The molecule has 1 unspecified atom stereocenters. The standard InChI is InChI=1S/C23H19Cl3N4O4/c1-33-18-8-4-16(5-9-18)20(31)29-22(23(24,25)26)34-19-6-2-15(3-7-19)14-28-30-21(32)17-10-12-27-13-11-17/h2-14,22H,1H3,(H,29,31)(H,30,32)/b28-14+. The zero-order valence-electron chi connectivity index (χ0n) is 17.7. The lowest BCUT2D eigenvalue weighted by Crippen LogP contribution is -2.47. The van der Waals surface area contributed by atoms with Crippen molar-refractivity contribution in [1.82, 2.24) is 15.7 Å². The SMILES string of the molecule is COc1ccc(C(=O)NC(Oc2ccc(/C=N/NC(=O)c3ccncc3)cc2)C(Cl)(Cl)Cl)cc1. The van der Waals surface area contributed by atoms with Gasteiger partial charge in [-0.1, -0.05) is 34.8 Å². The number of carbonyl (C=O) groups is 2. The van der Waals surface area contributed by atoms with Crippen LogP contribution in [0, 0.1) is 0 Å². The normalized spacial score (nSPS) is 12.1. The van der Waals surface area contributed by atoms with E-state index in [1.807, 2.05) is 0 Å². The Hall–Kier alpha value is -3.33. The van der Waals surface area contributed by atoms with Crippen molar-refractivity contribution >= 4 is 52.8 Å². The van der Waals surface area contributed by atoms with E-state index in [1.165, 1.54) is 25.7 Å². The largest absolute Gasteiger partial charge is 0.497 e. The number of hydrogen-bond acceptors (Lipinski definition) is 6. The molecule has 1 aromatic heterocycles. The Kier molecular flexibility index (Phi) is 8.70. The van der Waals surface area contributed by atoms with E-state index in [4.69, 9.17) is 44.3 Å². The predicted molar refractivity (Wildman–Crippen MR) is 131 cm³/mol. The minimum absolute atomic E-state index is 0.337. The number of ether oxygens (including phenoxy) is 2. The lowest BCUT2D eigenvalue weighted by Gasteiger charge is -2.26. The first-order valence-electron chi connectivity index (χ1n) is 9.78. The molecule has 2 aromatic carbocycles. The van der Waals surface area contributed by atoms with Crippen LogP contribution in [0.15, 0.2) is 78.2 Å². The summed E-state index contributed by atoms with van der Waals surface area (Å²) in [7, 11) is 1.53. The van der Waals surface area contributed by atoms with Crippen LogP contribution in [-0.4, -0.2) is 40.1 Å². The van der Waals surface area contributed by atoms with E-state index < -0.39 is 15.9 Å². The molecule has 3 aromatic rings. The van der Waals surface area contributed by atoms with Gasteiger partial charge in [0.2, 0.25) is 10.0 Å². The number of nitrogens with one attached hydrogen (secondary N) is 2. The fraction of sp³-hybridized carbons (Fsp3) is 0.130. The Morgan fingerprint density at radius 2 is 1.50 bits per heavy atom. The van der Waals surface area contributed by atoms with Crippen molar-refractivity contribution in [3.63, 3.8) is 0 Å². The monoisotopic (exact) mass is 520 g/mol. The van der Waals surface area contributed by atoms with E-state index in [0.717, 1.165) is 0 Å². The minimum Gasteiger partial charge on any atom is -0.497 e. The molecule has 0 aliphatic rings. The van der Waals surface area contributed by atoms with Crippen molar-refractivity contribution in [3.8, 4) is 11.5 Å². The Morgan fingerprint density at radius 1 is 0.912 bits per heavy atom. The maximum absolute atomic E-state index is 12.6. The first-order valence-corrected chi connectivity index (χ1v) is 10.9. The third-order valence-corrected chi connectivity index (χ3v) is 4.96. The number of methoxy groups -OCH3 is 1. The van der Waals surface area contributed by atoms with E-state index in [9.17, 15) is 9.59 Å². The number of aromatic nitrogens is 1. The van der Waals surface area contributed by atoms with Crippen molar-refractivity contribution < 1.29 is 19.1 Å². The lowest BCUT2D eigenvalue weighted by atomic mass is 10.2. The predicted octanol–water partition coefficient (Wildman–Crippen LogP) is 4.36. The second kappa shape index (κ2) is 11.7. The van der Waals surface area contributed by atoms with Crippen LogP contribution in [0.5, 0.6) is 11.5 Å². The van der Waals surface area contributed by atoms with E-state index in [0.29, 0.717) is 28.2 Å². The van der Waals surface area contributed by atoms with Crippen molar-refractivity contribution in [3.05, 3.63) is 89.7 Å². The molecule has 0 bridgehead atoms. The molecule has 0 aliphatic heterocycles. The average Bonchev–Trinajstić information content (AvgIpc) is 2.84. The maximum atomic E-state index is 12.6. The summed E-state index contributed by atoms with van der Waals surface area (Å²) < 4.78 is 8.83. The number of hydrazone groups is 1. The van der Waals surface area contributed by atoms with Crippen LogP contribution in [-0.2, 0) is 0 Å². The molecular weight excluding hydrogens is 503 g/mol. The van der Waals surface area contributed by atoms with E-state index in [-0.39, 0.29) is 5.91 Å². The van der Waals surface area contributed by atoms with Crippen LogP contribution in [0.1, 0.15) is 26.3 Å². The van der Waals surface area contributed by atoms with Gasteiger partial charge in [0.25, 0.3) is 11.8 Å². The number of rotatable bonds is 8. The summed E-state index contributed by atoms with van der Waals surface area (Å²) in [5, 5.41) is 6.48. The molecule has 0 fully saturated rings. The number of benzene rings is 2. The summed E-state index contributed by atoms with van der Waals surface area (Å²) in [5.74, 6) is 0.0833. The van der Waals surface area contributed by atoms with Gasteiger partial charge in [-0.2, -0.15) is 5.10 Å². The summed E-state index contributed by atoms with van der Waals surface area (Å²) >= 11 is 18.0. The number of nitrogens with zero attached hydrogens (tertiary/aromatic N) is 2. The van der Waals surface area contributed by atoms with Crippen LogP contribution in [0.2, 0.25) is 0 Å². The van der Waals surface area contributed by atoms with Gasteiger partial charge in [-0.3, -0.25) is 14.6 Å². The lowest BCUT2D eigenvalue weighted by molar-refractivity contribution is 0.0832. The number of amides is 2. The molecule has 0 saturated heterocycles. The summed E-state index contributed by atoms with van der Waals surface area (Å²) in [5.41, 5.74) is 3.87. The molecule has 11 heteroatoms. The number of halogens is 3. The second-order valence-electron chi connectivity index (χ2n) is 6.75. The van der Waals surface area contributed by atoms with E-state index in [1.54, 1.807) is 60.7 Å². The first-order chi connectivity index (χ1) is 16.3. The van der Waals surface area contributed by atoms with E-state index >= 15 is 0 Å². The van der Waals surface area contributed by atoms with Crippen molar-refractivity contribution in [1.29, 1.82) is 0 Å². The highest BCUT2D eigenvalue weighted by atomic mass is 35.6. The Balaban J connectivity index is 1.61. The van der Waals surface area contributed by atoms with Gasteiger partial charge in [-0.15, -0.1) is 0 Å². The zero-order valence-corrected chi connectivity index (χ0v) is 20.0. The van der Waals surface area contributed by atoms with Crippen molar-refractivity contribution in [2.45, 2.75) is 10.0 Å². The van der Waals surface area contributed by atoms with Crippen LogP contribution in [0.25, 0.3) is 0 Å². The Morgan fingerprint density at radius 3 is 2.09 bits per heavy atom. The topological polar surface area (TPSA) is 102 Å². The summed E-state index contributed by atoms with van der Waals surface area (Å²) in [4.78, 5) is 28.4. The third kappa shape index (κ3) is 7.34. The van der Waals surface area contributed by atoms with Gasteiger partial charge < -0.3 is 14.8 Å². The summed E-state index contributed by atoms with van der Waals surface area (Å²) in [6.07, 6.45) is 3.22. The van der Waals surface area contributed by atoms with Crippen molar-refractivity contribution in [2.75, 3.05) is 7.11 Å². The van der Waals surface area contributed by atoms with E-state index in [2.05, 4.69) is 20.8 Å². The maximum Gasteiger partial charge on any atom is 0.271 e. The van der Waals surface area contributed by atoms with Crippen LogP contribution in [0.4, 0.5) is 0 Å². The molecule has 1 heterocycles. The number of alkyl halides is 3. The fourth-order valence-corrected chi connectivity index (χ4v) is 2.92. The van der Waals surface area contributed by atoms with Gasteiger partial charge in [-0.25, -0.2) is 5.43 Å². The van der Waals surface area contributed by atoms with Crippen molar-refractivity contribution in [2.24, 2.45) is 5.10 Å². The molecule has 3 rings (SSSR count). The van der Waals surface area contributed by atoms with Gasteiger partial charge in [-0.05, 0) is 66.2 Å². The molecule has 1 atom stereocenters. The summed E-state index contributed by atoms with van der Waals surface area (Å²) in [6, 6.07) is 16.1. The molecule has 8 nitrogen and oxygen atoms in total. The molecule has 0 radical (unpaired) electrons. The van der Waals surface area contributed by atoms with Crippen LogP contribution >= 0.6 is 34.8 Å². The highest BCUT2D eigenvalue weighted by molar-refractivity contribution is 6.68. The molecule has 176 valence electrons. The van der Waals surface area contributed by atoms with Gasteiger partial charge in [0.05, 0.1) is 13.3 Å². The van der Waals surface area contributed by atoms with Crippen LogP contribution < -0.4 is 20.2 Å².